The molecule has 7 nitrogen and oxygen atoms in total. The zero-order valence-corrected chi connectivity index (χ0v) is 11.9. The zero-order chi connectivity index (χ0) is 15.1. The molecule has 0 aromatic carbocycles. The highest BCUT2D eigenvalue weighted by molar-refractivity contribution is 6.33. The average molecular weight is 302 g/mol. The number of carbonyl (C=O) groups excluding carboxylic acids is 1. The minimum absolute atomic E-state index is 0.0419. The Labute approximate surface area is 121 Å². The van der Waals surface area contributed by atoms with Gasteiger partial charge in [-0.05, 0) is 13.0 Å². The second-order valence-electron chi connectivity index (χ2n) is 4.00. The maximum atomic E-state index is 11.7. The number of carboxylic acids is 1. The third-order valence-electron chi connectivity index (χ3n) is 2.45. The lowest BCUT2D eigenvalue weighted by molar-refractivity contribution is -0.121. The number of aromatic nitrogens is 1. The van der Waals surface area contributed by atoms with Gasteiger partial charge in [-0.25, -0.2) is 9.78 Å². The Morgan fingerprint density at radius 2 is 2.25 bits per heavy atom. The molecule has 0 radical (unpaired) electrons. The van der Waals surface area contributed by atoms with Crippen LogP contribution in [-0.2, 0) is 9.53 Å². The highest BCUT2D eigenvalue weighted by Gasteiger charge is 2.15. The van der Waals surface area contributed by atoms with Crippen LogP contribution in [0.3, 0.4) is 0 Å². The van der Waals surface area contributed by atoms with Crippen molar-refractivity contribution < 1.29 is 19.4 Å². The molecular weight excluding hydrogens is 286 g/mol. The smallest absolute Gasteiger partial charge is 0.337 e. The molecule has 0 spiro atoms. The number of amides is 1. The normalized spacial score (nSPS) is 11.8. The van der Waals surface area contributed by atoms with E-state index in [0.29, 0.717) is 13.2 Å². The summed E-state index contributed by atoms with van der Waals surface area (Å²) >= 11 is 5.71. The van der Waals surface area contributed by atoms with Gasteiger partial charge in [0.1, 0.15) is 11.9 Å². The summed E-state index contributed by atoms with van der Waals surface area (Å²) in [5.74, 6) is -1.13. The van der Waals surface area contributed by atoms with Crippen molar-refractivity contribution in [2.45, 2.75) is 13.0 Å². The van der Waals surface area contributed by atoms with Crippen LogP contribution in [0, 0.1) is 0 Å². The first-order valence-corrected chi connectivity index (χ1v) is 6.25. The molecule has 1 atom stereocenters. The second-order valence-corrected chi connectivity index (χ2v) is 4.41. The number of anilines is 1. The molecule has 0 aliphatic heterocycles. The maximum absolute atomic E-state index is 11.7. The fourth-order valence-electron chi connectivity index (χ4n) is 1.40. The number of rotatable bonds is 7. The predicted octanol–water partition coefficient (Wildman–Crippen LogP) is 0.996. The molecule has 20 heavy (non-hydrogen) atoms. The molecule has 1 rings (SSSR count). The van der Waals surface area contributed by atoms with E-state index in [4.69, 9.17) is 21.4 Å². The number of carbonyl (C=O) groups is 2. The monoisotopic (exact) mass is 301 g/mol. The molecule has 1 aromatic heterocycles. The lowest BCUT2D eigenvalue weighted by Crippen LogP contribution is -2.39. The molecule has 0 fully saturated rings. The Morgan fingerprint density at radius 3 is 2.85 bits per heavy atom. The topological polar surface area (TPSA) is 101 Å². The van der Waals surface area contributed by atoms with E-state index in [1.165, 1.54) is 12.3 Å². The fraction of sp³-hybridized carbons (Fsp3) is 0.417. The van der Waals surface area contributed by atoms with Crippen LogP contribution in [0.4, 0.5) is 5.82 Å². The summed E-state index contributed by atoms with van der Waals surface area (Å²) in [6.45, 7) is 2.45. The Kier molecular flexibility index (Phi) is 6.20. The summed E-state index contributed by atoms with van der Waals surface area (Å²) in [5.41, 5.74) is -0.0730. The lowest BCUT2D eigenvalue weighted by Gasteiger charge is -2.15. The number of carboxylic acid groups (broad SMARTS) is 1. The van der Waals surface area contributed by atoms with Gasteiger partial charge in [-0.15, -0.1) is 0 Å². The summed E-state index contributed by atoms with van der Waals surface area (Å²) in [7, 11) is 1.54. The van der Waals surface area contributed by atoms with Crippen LogP contribution in [0.2, 0.25) is 5.02 Å². The molecule has 1 unspecified atom stereocenters. The van der Waals surface area contributed by atoms with Crippen molar-refractivity contribution in [3.63, 3.8) is 0 Å². The minimum Gasteiger partial charge on any atom is -0.478 e. The van der Waals surface area contributed by atoms with Gasteiger partial charge in [0.2, 0.25) is 5.91 Å². The number of nitrogens with one attached hydrogen (secondary N) is 2. The highest BCUT2D eigenvalue weighted by Crippen LogP contribution is 2.18. The first-order chi connectivity index (χ1) is 9.45. The Bertz CT molecular complexity index is 496. The van der Waals surface area contributed by atoms with Gasteiger partial charge in [0, 0.05) is 19.9 Å². The first kappa shape index (κ1) is 16.2. The Hall–Kier alpha value is -1.86. The maximum Gasteiger partial charge on any atom is 0.337 e. The highest BCUT2D eigenvalue weighted by atomic mass is 35.5. The van der Waals surface area contributed by atoms with E-state index in [-0.39, 0.29) is 22.3 Å². The first-order valence-electron chi connectivity index (χ1n) is 5.87. The van der Waals surface area contributed by atoms with Crippen molar-refractivity contribution in [2.24, 2.45) is 0 Å². The third kappa shape index (κ3) is 4.67. The molecule has 110 valence electrons. The van der Waals surface area contributed by atoms with Gasteiger partial charge in [-0.1, -0.05) is 11.6 Å². The van der Waals surface area contributed by atoms with Crippen LogP contribution in [0.25, 0.3) is 0 Å². The van der Waals surface area contributed by atoms with E-state index in [0.717, 1.165) is 0 Å². The van der Waals surface area contributed by atoms with Crippen molar-refractivity contribution >= 4 is 29.3 Å². The number of halogens is 1. The molecule has 1 amide bonds. The number of hydrogen-bond donors (Lipinski definition) is 3. The molecule has 0 saturated heterocycles. The van der Waals surface area contributed by atoms with Crippen LogP contribution < -0.4 is 10.6 Å². The Balaban J connectivity index is 2.66. The van der Waals surface area contributed by atoms with Gasteiger partial charge in [0.05, 0.1) is 17.2 Å². The van der Waals surface area contributed by atoms with Gasteiger partial charge in [0.25, 0.3) is 0 Å². The molecule has 0 bridgehead atoms. The summed E-state index contributed by atoms with van der Waals surface area (Å²) in [6, 6.07) is 0.714. The number of ether oxygens (including phenoxy) is 1. The van der Waals surface area contributed by atoms with E-state index >= 15 is 0 Å². The number of hydrogen-bond acceptors (Lipinski definition) is 5. The van der Waals surface area contributed by atoms with Crippen LogP contribution in [-0.4, -0.2) is 48.3 Å². The quantitative estimate of drug-likeness (QED) is 0.650. The number of pyridine rings is 1. The third-order valence-corrected chi connectivity index (χ3v) is 2.75. The average Bonchev–Trinajstić information content (AvgIpc) is 2.40. The summed E-state index contributed by atoms with van der Waals surface area (Å²) in [5, 5.41) is 14.4. The van der Waals surface area contributed by atoms with Gasteiger partial charge >= 0.3 is 5.97 Å². The molecule has 0 saturated carbocycles. The number of methoxy groups -OCH3 is 1. The van der Waals surface area contributed by atoms with Crippen LogP contribution in [0.5, 0.6) is 0 Å². The van der Waals surface area contributed by atoms with Gasteiger partial charge in [-0.3, -0.25) is 4.79 Å². The fourth-order valence-corrected chi connectivity index (χ4v) is 1.58. The molecular formula is C12H16ClN3O4. The van der Waals surface area contributed by atoms with Gasteiger partial charge in [-0.2, -0.15) is 0 Å². The molecule has 0 aliphatic carbocycles. The van der Waals surface area contributed by atoms with Crippen molar-refractivity contribution in [1.82, 2.24) is 10.3 Å². The van der Waals surface area contributed by atoms with Gasteiger partial charge < -0.3 is 20.5 Å². The van der Waals surface area contributed by atoms with E-state index in [9.17, 15) is 9.59 Å². The van der Waals surface area contributed by atoms with E-state index in [1.54, 1.807) is 14.0 Å². The Morgan fingerprint density at radius 1 is 1.55 bits per heavy atom. The largest absolute Gasteiger partial charge is 0.478 e. The summed E-state index contributed by atoms with van der Waals surface area (Å²) < 4.78 is 4.82. The molecule has 0 aliphatic rings. The lowest BCUT2D eigenvalue weighted by atomic mass is 10.2. The van der Waals surface area contributed by atoms with Gasteiger partial charge in [0.15, 0.2) is 0 Å². The molecule has 1 heterocycles. The van der Waals surface area contributed by atoms with E-state index in [1.807, 2.05) is 0 Å². The van der Waals surface area contributed by atoms with E-state index < -0.39 is 12.0 Å². The van der Waals surface area contributed by atoms with Crippen molar-refractivity contribution in [3.8, 4) is 0 Å². The van der Waals surface area contributed by atoms with Crippen LogP contribution in [0.1, 0.15) is 17.3 Å². The SMILES string of the molecule is COCCNC(=O)C(C)Nc1cc(C(=O)O)c(Cl)cn1. The molecule has 8 heteroatoms. The second kappa shape index (κ2) is 7.66. The van der Waals surface area contributed by atoms with Crippen molar-refractivity contribution in [1.29, 1.82) is 0 Å². The zero-order valence-electron chi connectivity index (χ0n) is 11.1. The standard InChI is InChI=1S/C12H16ClN3O4/c1-7(11(17)14-3-4-20-2)16-10-5-8(12(18)19)9(13)6-15-10/h5-7H,3-4H2,1-2H3,(H,14,17)(H,15,16)(H,18,19). The van der Waals surface area contributed by atoms with Crippen molar-refractivity contribution in [3.05, 3.63) is 22.8 Å². The van der Waals surface area contributed by atoms with E-state index in [2.05, 4.69) is 15.6 Å². The number of nitrogens with zero attached hydrogens (tertiary/aromatic N) is 1. The van der Waals surface area contributed by atoms with Crippen LogP contribution >= 0.6 is 11.6 Å². The molecule has 1 aromatic rings. The summed E-state index contributed by atoms with van der Waals surface area (Å²) in [4.78, 5) is 26.6. The minimum atomic E-state index is -1.15. The van der Waals surface area contributed by atoms with Crippen LogP contribution in [0.15, 0.2) is 12.3 Å². The number of aromatic carboxylic acids is 1. The van der Waals surface area contributed by atoms with Crippen molar-refractivity contribution in [2.75, 3.05) is 25.6 Å². The molecule has 3 N–H and O–H groups in total. The predicted molar refractivity (Wildman–Crippen MR) is 74.2 cm³/mol. The summed E-state index contributed by atoms with van der Waals surface area (Å²) in [6.07, 6.45) is 1.23.